The Bertz CT molecular complexity index is 632. The maximum atomic E-state index is 12.7. The average molecular weight is 299 g/mol. The van der Waals surface area contributed by atoms with Crippen molar-refractivity contribution in [3.05, 3.63) is 36.0 Å². The number of ether oxygens (including phenoxy) is 2. The summed E-state index contributed by atoms with van der Waals surface area (Å²) in [6, 6.07) is 7.19. The van der Waals surface area contributed by atoms with Gasteiger partial charge in [-0.2, -0.15) is 18.2 Å². The van der Waals surface area contributed by atoms with E-state index < -0.39 is 11.9 Å². The van der Waals surface area contributed by atoms with Crippen LogP contribution >= 0.6 is 0 Å². The molecule has 1 N–H and O–H groups in total. The minimum atomic E-state index is -4.58. The molecule has 0 aliphatic rings. The summed E-state index contributed by atoms with van der Waals surface area (Å²) in [4.78, 5) is 7.18. The van der Waals surface area contributed by atoms with Crippen LogP contribution in [-0.4, -0.2) is 24.1 Å². The predicted octanol–water partition coefficient (Wildman–Crippen LogP) is 3.34. The molecule has 0 bridgehead atoms. The highest BCUT2D eigenvalue weighted by Gasteiger charge is 2.34. The molecule has 0 fully saturated rings. The fourth-order valence-corrected chi connectivity index (χ4v) is 1.52. The van der Waals surface area contributed by atoms with Crippen molar-refractivity contribution in [2.45, 2.75) is 6.18 Å². The lowest BCUT2D eigenvalue weighted by Gasteiger charge is -2.11. The van der Waals surface area contributed by atoms with Gasteiger partial charge in [-0.1, -0.05) is 6.07 Å². The minimum absolute atomic E-state index is 0.178. The van der Waals surface area contributed by atoms with E-state index in [2.05, 4.69) is 15.3 Å². The number of nitrogens with zero attached hydrogens (tertiary/aromatic N) is 2. The first-order valence-electron chi connectivity index (χ1n) is 5.88. The zero-order valence-corrected chi connectivity index (χ0v) is 11.2. The zero-order valence-electron chi connectivity index (χ0n) is 11.2. The number of nitrogens with one attached hydrogen (secondary N) is 1. The van der Waals surface area contributed by atoms with Crippen molar-refractivity contribution >= 4 is 5.95 Å². The summed E-state index contributed by atoms with van der Waals surface area (Å²) in [6.45, 7) is 0. The third kappa shape index (κ3) is 3.74. The van der Waals surface area contributed by atoms with Gasteiger partial charge < -0.3 is 14.8 Å². The third-order valence-corrected chi connectivity index (χ3v) is 2.48. The van der Waals surface area contributed by atoms with Crippen LogP contribution in [0.3, 0.4) is 0 Å². The molecule has 0 spiro atoms. The van der Waals surface area contributed by atoms with Gasteiger partial charge >= 0.3 is 6.18 Å². The van der Waals surface area contributed by atoms with Gasteiger partial charge in [0.2, 0.25) is 11.8 Å². The highest BCUT2D eigenvalue weighted by Crippen LogP contribution is 2.32. The predicted molar refractivity (Wildman–Crippen MR) is 69.6 cm³/mol. The number of benzene rings is 1. The molecule has 1 aromatic carbocycles. The molecule has 0 amide bonds. The maximum absolute atomic E-state index is 12.7. The van der Waals surface area contributed by atoms with Crippen molar-refractivity contribution in [2.75, 3.05) is 19.5 Å². The fraction of sp³-hybridized carbons (Fsp3) is 0.231. The number of rotatable bonds is 4. The molecule has 0 saturated heterocycles. The molecule has 5 nitrogen and oxygen atoms in total. The molecule has 0 radical (unpaired) electrons. The molecular weight excluding hydrogens is 287 g/mol. The quantitative estimate of drug-likeness (QED) is 0.938. The van der Waals surface area contributed by atoms with Gasteiger partial charge in [-0.05, 0) is 12.1 Å². The van der Waals surface area contributed by atoms with Crippen LogP contribution in [0, 0.1) is 0 Å². The Balaban J connectivity index is 2.34. The Hall–Kier alpha value is -2.51. The van der Waals surface area contributed by atoms with E-state index in [1.54, 1.807) is 18.2 Å². The topological polar surface area (TPSA) is 56.3 Å². The first-order valence-corrected chi connectivity index (χ1v) is 5.88. The van der Waals surface area contributed by atoms with Crippen LogP contribution in [-0.2, 0) is 6.18 Å². The van der Waals surface area contributed by atoms with E-state index in [9.17, 15) is 13.2 Å². The second-order valence-electron chi connectivity index (χ2n) is 3.94. The van der Waals surface area contributed by atoms with Crippen molar-refractivity contribution in [3.63, 3.8) is 0 Å². The van der Waals surface area contributed by atoms with Crippen molar-refractivity contribution in [3.8, 4) is 17.4 Å². The molecule has 0 aliphatic carbocycles. The molecular formula is C13H12F3N3O2. The molecule has 2 rings (SSSR count). The molecule has 112 valence electrons. The largest absolute Gasteiger partial charge is 0.497 e. The van der Waals surface area contributed by atoms with Crippen molar-refractivity contribution in [1.82, 2.24) is 9.97 Å². The Labute approximate surface area is 118 Å². The van der Waals surface area contributed by atoms with E-state index >= 15 is 0 Å². The van der Waals surface area contributed by atoms with Gasteiger partial charge in [0, 0.05) is 19.2 Å². The summed E-state index contributed by atoms with van der Waals surface area (Å²) in [7, 11) is 2.90. The van der Waals surface area contributed by atoms with Crippen molar-refractivity contribution < 1.29 is 22.6 Å². The van der Waals surface area contributed by atoms with Crippen molar-refractivity contribution in [2.24, 2.45) is 0 Å². The number of methoxy groups -OCH3 is 1. The van der Waals surface area contributed by atoms with Gasteiger partial charge in [0.15, 0.2) is 5.69 Å². The van der Waals surface area contributed by atoms with Gasteiger partial charge in [0.05, 0.1) is 7.11 Å². The summed E-state index contributed by atoms with van der Waals surface area (Å²) >= 11 is 0. The Kier molecular flexibility index (Phi) is 4.15. The third-order valence-electron chi connectivity index (χ3n) is 2.48. The normalized spacial score (nSPS) is 11.1. The van der Waals surface area contributed by atoms with E-state index in [1.165, 1.54) is 20.2 Å². The number of hydrogen-bond donors (Lipinski definition) is 1. The molecule has 0 aliphatic heterocycles. The molecule has 8 heteroatoms. The van der Waals surface area contributed by atoms with E-state index in [0.717, 1.165) is 6.07 Å². The monoisotopic (exact) mass is 299 g/mol. The molecule has 21 heavy (non-hydrogen) atoms. The number of anilines is 1. The lowest BCUT2D eigenvalue weighted by Crippen LogP contribution is -2.11. The van der Waals surface area contributed by atoms with Crippen LogP contribution in [0.5, 0.6) is 17.4 Å². The summed E-state index contributed by atoms with van der Waals surface area (Å²) in [5, 5.41) is 2.46. The van der Waals surface area contributed by atoms with E-state index in [-0.39, 0.29) is 11.8 Å². The summed E-state index contributed by atoms with van der Waals surface area (Å²) in [6.07, 6.45) is -4.58. The summed E-state index contributed by atoms with van der Waals surface area (Å²) < 4.78 is 48.6. The smallest absolute Gasteiger partial charge is 0.433 e. The standard InChI is InChI=1S/C13H12F3N3O2/c1-17-12-18-10(13(14,15)16)7-11(19-12)21-9-5-3-4-8(6-9)20-2/h3-7H,1-2H3,(H,17,18,19). The van der Waals surface area contributed by atoms with Crippen LogP contribution < -0.4 is 14.8 Å². The van der Waals surface area contributed by atoms with Crippen molar-refractivity contribution in [1.29, 1.82) is 0 Å². The molecule has 2 aromatic rings. The Morgan fingerprint density at radius 3 is 2.43 bits per heavy atom. The lowest BCUT2D eigenvalue weighted by molar-refractivity contribution is -0.141. The van der Waals surface area contributed by atoms with Gasteiger partial charge in [0.25, 0.3) is 0 Å². The molecule has 0 saturated carbocycles. The van der Waals surface area contributed by atoms with Crippen LogP contribution in [0.2, 0.25) is 0 Å². The van der Waals surface area contributed by atoms with Gasteiger partial charge in [-0.3, -0.25) is 0 Å². The highest BCUT2D eigenvalue weighted by atomic mass is 19.4. The van der Waals surface area contributed by atoms with Gasteiger partial charge in [-0.25, -0.2) is 4.98 Å². The number of alkyl halides is 3. The van der Waals surface area contributed by atoms with E-state index in [1.807, 2.05) is 0 Å². The van der Waals surface area contributed by atoms with E-state index in [0.29, 0.717) is 11.5 Å². The number of aromatic nitrogens is 2. The maximum Gasteiger partial charge on any atom is 0.433 e. The van der Waals surface area contributed by atoms with Crippen LogP contribution in [0.1, 0.15) is 5.69 Å². The molecule has 0 unspecified atom stereocenters. The second-order valence-corrected chi connectivity index (χ2v) is 3.94. The fourth-order valence-electron chi connectivity index (χ4n) is 1.52. The van der Waals surface area contributed by atoms with Gasteiger partial charge in [-0.15, -0.1) is 0 Å². The number of hydrogen-bond acceptors (Lipinski definition) is 5. The van der Waals surface area contributed by atoms with Crippen LogP contribution in [0.4, 0.5) is 19.1 Å². The summed E-state index contributed by atoms with van der Waals surface area (Å²) in [5.74, 6) is 0.437. The van der Waals surface area contributed by atoms with E-state index in [4.69, 9.17) is 9.47 Å². The van der Waals surface area contributed by atoms with Crippen LogP contribution in [0.15, 0.2) is 30.3 Å². The minimum Gasteiger partial charge on any atom is -0.497 e. The molecule has 1 aromatic heterocycles. The zero-order chi connectivity index (χ0) is 15.5. The van der Waals surface area contributed by atoms with Gasteiger partial charge in [0.1, 0.15) is 11.5 Å². The Morgan fingerprint density at radius 2 is 1.81 bits per heavy atom. The average Bonchev–Trinajstić information content (AvgIpc) is 2.46. The number of halogens is 3. The lowest BCUT2D eigenvalue weighted by atomic mass is 10.3. The Morgan fingerprint density at radius 1 is 1.10 bits per heavy atom. The first-order chi connectivity index (χ1) is 9.92. The molecule has 1 heterocycles. The summed E-state index contributed by atoms with van der Waals surface area (Å²) in [5.41, 5.74) is -1.08. The second kappa shape index (κ2) is 5.86. The molecule has 0 atom stereocenters. The SMILES string of the molecule is CNc1nc(Oc2cccc(OC)c2)cc(C(F)(F)F)n1. The van der Waals surface area contributed by atoms with Crippen LogP contribution in [0.25, 0.3) is 0 Å². The first kappa shape index (κ1) is 14.9. The highest BCUT2D eigenvalue weighted by molar-refractivity contribution is 5.37.